The van der Waals surface area contributed by atoms with Gasteiger partial charge in [-0.2, -0.15) is 0 Å². The average molecular weight is 280 g/mol. The molecule has 0 aliphatic carbocycles. The van der Waals surface area contributed by atoms with Crippen LogP contribution in [0.4, 0.5) is 0 Å². The van der Waals surface area contributed by atoms with Gasteiger partial charge in [-0.05, 0) is 12.1 Å². The smallest absolute Gasteiger partial charge is 0.328 e. The van der Waals surface area contributed by atoms with E-state index in [0.29, 0.717) is 5.69 Å². The first-order chi connectivity index (χ1) is 9.24. The molecule has 1 atom stereocenters. The van der Waals surface area contributed by atoms with Gasteiger partial charge in [0.2, 0.25) is 5.91 Å². The highest BCUT2D eigenvalue weighted by atomic mass is 16.5. The standard InChI is InChI=1S/C14H20N2O4/c1-14(2,3)13(19)16-11(12(18)20-4)7-9-5-6-10(17)8-15-9/h5-6,8,11,17H,7H2,1-4H3,(H,16,19). The maximum Gasteiger partial charge on any atom is 0.328 e. The minimum Gasteiger partial charge on any atom is -0.506 e. The van der Waals surface area contributed by atoms with Gasteiger partial charge in [0.1, 0.15) is 11.8 Å². The van der Waals surface area contributed by atoms with Crippen molar-refractivity contribution in [2.45, 2.75) is 33.2 Å². The summed E-state index contributed by atoms with van der Waals surface area (Å²) in [4.78, 5) is 27.7. The number of nitrogens with one attached hydrogen (secondary N) is 1. The summed E-state index contributed by atoms with van der Waals surface area (Å²) in [6.45, 7) is 5.28. The zero-order chi connectivity index (χ0) is 15.3. The van der Waals surface area contributed by atoms with Crippen LogP contribution in [0.15, 0.2) is 18.3 Å². The molecule has 0 spiro atoms. The molecule has 0 radical (unpaired) electrons. The number of methoxy groups -OCH3 is 1. The van der Waals surface area contributed by atoms with Crippen molar-refractivity contribution in [2.75, 3.05) is 7.11 Å². The molecule has 1 unspecified atom stereocenters. The van der Waals surface area contributed by atoms with E-state index in [-0.39, 0.29) is 18.1 Å². The van der Waals surface area contributed by atoms with Crippen molar-refractivity contribution in [3.05, 3.63) is 24.0 Å². The number of pyridine rings is 1. The Morgan fingerprint density at radius 1 is 1.40 bits per heavy atom. The summed E-state index contributed by atoms with van der Waals surface area (Å²) in [5.74, 6) is -0.730. The molecule has 0 aliphatic heterocycles. The Labute approximate surface area is 118 Å². The second-order valence-electron chi connectivity index (χ2n) is 5.51. The van der Waals surface area contributed by atoms with Gasteiger partial charge in [-0.3, -0.25) is 9.78 Å². The van der Waals surface area contributed by atoms with E-state index in [9.17, 15) is 14.7 Å². The van der Waals surface area contributed by atoms with Gasteiger partial charge < -0.3 is 15.2 Å². The SMILES string of the molecule is COC(=O)C(Cc1ccc(O)cn1)NC(=O)C(C)(C)C. The van der Waals surface area contributed by atoms with Gasteiger partial charge >= 0.3 is 5.97 Å². The quantitative estimate of drug-likeness (QED) is 0.804. The molecule has 6 nitrogen and oxygen atoms in total. The Bertz CT molecular complexity index is 477. The van der Waals surface area contributed by atoms with Crippen LogP contribution < -0.4 is 5.32 Å². The van der Waals surface area contributed by atoms with Crippen molar-refractivity contribution in [1.82, 2.24) is 10.3 Å². The van der Waals surface area contributed by atoms with E-state index in [4.69, 9.17) is 4.74 Å². The van der Waals surface area contributed by atoms with E-state index in [2.05, 4.69) is 10.3 Å². The number of carbonyl (C=O) groups excluding carboxylic acids is 2. The van der Waals surface area contributed by atoms with E-state index < -0.39 is 17.4 Å². The third-order valence-corrected chi connectivity index (χ3v) is 2.69. The Balaban J connectivity index is 2.82. The molecule has 20 heavy (non-hydrogen) atoms. The molecule has 1 aromatic rings. The lowest BCUT2D eigenvalue weighted by molar-refractivity contribution is -0.146. The van der Waals surface area contributed by atoms with Crippen LogP contribution in [-0.2, 0) is 20.7 Å². The summed E-state index contributed by atoms with van der Waals surface area (Å²) in [5.41, 5.74) is -0.0262. The Hall–Kier alpha value is -2.11. The second kappa shape index (κ2) is 6.36. The maximum absolute atomic E-state index is 12.0. The van der Waals surface area contributed by atoms with Gasteiger partial charge in [0.25, 0.3) is 0 Å². The number of aromatic nitrogens is 1. The summed E-state index contributed by atoms with van der Waals surface area (Å²) < 4.78 is 4.69. The fraction of sp³-hybridized carbons (Fsp3) is 0.500. The first-order valence-electron chi connectivity index (χ1n) is 6.26. The lowest BCUT2D eigenvalue weighted by Gasteiger charge is -2.22. The largest absolute Gasteiger partial charge is 0.506 e. The average Bonchev–Trinajstić information content (AvgIpc) is 2.38. The molecule has 1 amide bonds. The van der Waals surface area contributed by atoms with Gasteiger partial charge in [0.05, 0.1) is 13.3 Å². The summed E-state index contributed by atoms with van der Waals surface area (Å²) >= 11 is 0. The van der Waals surface area contributed by atoms with Crippen molar-refractivity contribution in [3.63, 3.8) is 0 Å². The molecule has 1 rings (SSSR count). The zero-order valence-corrected chi connectivity index (χ0v) is 12.1. The third-order valence-electron chi connectivity index (χ3n) is 2.69. The molecule has 0 saturated heterocycles. The number of rotatable bonds is 4. The summed E-state index contributed by atoms with van der Waals surface area (Å²) in [6, 6.07) is 2.26. The normalized spacial score (nSPS) is 12.6. The van der Waals surface area contributed by atoms with Crippen molar-refractivity contribution in [2.24, 2.45) is 5.41 Å². The first-order valence-corrected chi connectivity index (χ1v) is 6.26. The van der Waals surface area contributed by atoms with Crippen molar-refractivity contribution < 1.29 is 19.4 Å². The number of nitrogens with zero attached hydrogens (tertiary/aromatic N) is 1. The lowest BCUT2D eigenvalue weighted by Crippen LogP contribution is -2.47. The third kappa shape index (κ3) is 4.53. The highest BCUT2D eigenvalue weighted by molar-refractivity contribution is 5.87. The Kier molecular flexibility index (Phi) is 5.07. The van der Waals surface area contributed by atoms with Crippen LogP contribution in [0.2, 0.25) is 0 Å². The van der Waals surface area contributed by atoms with E-state index in [1.165, 1.54) is 19.4 Å². The highest BCUT2D eigenvalue weighted by Crippen LogP contribution is 2.14. The number of esters is 1. The molecule has 0 aliphatic rings. The van der Waals surface area contributed by atoms with E-state index >= 15 is 0 Å². The van der Waals surface area contributed by atoms with Gasteiger partial charge in [0, 0.05) is 17.5 Å². The minimum absolute atomic E-state index is 0.0436. The highest BCUT2D eigenvalue weighted by Gasteiger charge is 2.28. The van der Waals surface area contributed by atoms with Gasteiger partial charge in [-0.25, -0.2) is 4.79 Å². The molecule has 1 aromatic heterocycles. The predicted octanol–water partition coefficient (Wildman–Crippen LogP) is 1.03. The van der Waals surface area contributed by atoms with E-state index in [0.717, 1.165) is 0 Å². The van der Waals surface area contributed by atoms with Crippen LogP contribution in [0.5, 0.6) is 5.75 Å². The fourth-order valence-corrected chi connectivity index (χ4v) is 1.46. The number of amides is 1. The van der Waals surface area contributed by atoms with Gasteiger partial charge in [0.15, 0.2) is 0 Å². The number of ether oxygens (including phenoxy) is 1. The molecule has 0 bridgehead atoms. The van der Waals surface area contributed by atoms with Crippen molar-refractivity contribution in [1.29, 1.82) is 0 Å². The van der Waals surface area contributed by atoms with Crippen molar-refractivity contribution >= 4 is 11.9 Å². The van der Waals surface area contributed by atoms with Crippen molar-refractivity contribution in [3.8, 4) is 5.75 Å². The van der Waals surface area contributed by atoms with Gasteiger partial charge in [-0.15, -0.1) is 0 Å². The summed E-state index contributed by atoms with van der Waals surface area (Å²) in [6.07, 6.45) is 1.49. The van der Waals surface area contributed by atoms with Crippen LogP contribution in [-0.4, -0.2) is 35.1 Å². The topological polar surface area (TPSA) is 88.5 Å². The van der Waals surface area contributed by atoms with Crippen LogP contribution in [0.3, 0.4) is 0 Å². The lowest BCUT2D eigenvalue weighted by atomic mass is 9.95. The van der Waals surface area contributed by atoms with E-state index in [1.807, 2.05) is 0 Å². The Morgan fingerprint density at radius 2 is 2.05 bits per heavy atom. The molecule has 0 aromatic carbocycles. The Morgan fingerprint density at radius 3 is 2.50 bits per heavy atom. The number of aromatic hydroxyl groups is 1. The second-order valence-corrected chi connectivity index (χ2v) is 5.51. The summed E-state index contributed by atoms with van der Waals surface area (Å²) in [5, 5.41) is 11.8. The first kappa shape index (κ1) is 15.9. The van der Waals surface area contributed by atoms with E-state index in [1.54, 1.807) is 26.8 Å². The molecule has 2 N–H and O–H groups in total. The molecule has 6 heteroatoms. The minimum atomic E-state index is -0.802. The summed E-state index contributed by atoms with van der Waals surface area (Å²) in [7, 11) is 1.27. The predicted molar refractivity (Wildman–Crippen MR) is 73.0 cm³/mol. The van der Waals surface area contributed by atoms with Crippen LogP contribution in [0.25, 0.3) is 0 Å². The number of hydrogen-bond acceptors (Lipinski definition) is 5. The molecule has 110 valence electrons. The monoisotopic (exact) mass is 280 g/mol. The number of carbonyl (C=O) groups is 2. The molecule has 0 saturated carbocycles. The molecule has 1 heterocycles. The molecule has 0 fully saturated rings. The van der Waals surface area contributed by atoms with Crippen LogP contribution in [0, 0.1) is 5.41 Å². The van der Waals surface area contributed by atoms with Gasteiger partial charge in [-0.1, -0.05) is 20.8 Å². The maximum atomic E-state index is 12.0. The van der Waals surface area contributed by atoms with Crippen LogP contribution >= 0.6 is 0 Å². The fourth-order valence-electron chi connectivity index (χ4n) is 1.46. The molecular weight excluding hydrogens is 260 g/mol. The zero-order valence-electron chi connectivity index (χ0n) is 12.1. The number of hydrogen-bond donors (Lipinski definition) is 2. The van der Waals surface area contributed by atoms with Crippen LogP contribution in [0.1, 0.15) is 26.5 Å². The molecular formula is C14H20N2O4.